The highest BCUT2D eigenvalue weighted by Crippen LogP contribution is 2.14. The lowest BCUT2D eigenvalue weighted by molar-refractivity contribution is -0.126. The number of amides is 2. The maximum atomic E-state index is 11.9. The van der Waals surface area contributed by atoms with E-state index in [-0.39, 0.29) is 48.4 Å². The molecule has 0 aliphatic carbocycles. The number of nitrogens with two attached hydrogens (primary N) is 1. The van der Waals surface area contributed by atoms with E-state index in [1.54, 1.807) is 24.3 Å². The van der Waals surface area contributed by atoms with E-state index in [0.29, 0.717) is 30.9 Å². The Balaban J connectivity index is -0.000000935. The fraction of sp³-hybridized carbons (Fsp3) is 0.565. The quantitative estimate of drug-likeness (QED) is 0.152. The van der Waals surface area contributed by atoms with E-state index in [2.05, 4.69) is 35.1 Å². The monoisotopic (exact) mass is 473 g/mol. The van der Waals surface area contributed by atoms with E-state index < -0.39 is 5.44 Å². The normalized spacial score (nSPS) is 10.8. The van der Waals surface area contributed by atoms with Gasteiger partial charge in [-0.05, 0) is 18.2 Å². The van der Waals surface area contributed by atoms with Gasteiger partial charge in [-0.15, -0.1) is 12.6 Å². The molecule has 0 aliphatic rings. The third-order valence-electron chi connectivity index (χ3n) is 3.45. The van der Waals surface area contributed by atoms with Crippen molar-refractivity contribution in [3.05, 3.63) is 29.8 Å². The molecule has 186 valence electrons. The van der Waals surface area contributed by atoms with Gasteiger partial charge in [0.1, 0.15) is 24.4 Å². The van der Waals surface area contributed by atoms with E-state index >= 15 is 0 Å². The van der Waals surface area contributed by atoms with Crippen LogP contribution < -0.4 is 21.1 Å². The second kappa shape index (κ2) is 19.4. The summed E-state index contributed by atoms with van der Waals surface area (Å²) in [5, 5.41) is 5.35. The van der Waals surface area contributed by atoms with Crippen LogP contribution in [-0.4, -0.2) is 63.3 Å². The summed E-state index contributed by atoms with van der Waals surface area (Å²) in [6, 6.07) is 6.80. The zero-order valence-corrected chi connectivity index (χ0v) is 20.4. The van der Waals surface area contributed by atoms with Crippen molar-refractivity contribution in [2.75, 3.05) is 46.1 Å². The molecule has 9 heteroatoms. The van der Waals surface area contributed by atoms with Crippen LogP contribution in [-0.2, 0) is 14.3 Å². The number of hydrogen-bond donors (Lipinski definition) is 4. The summed E-state index contributed by atoms with van der Waals surface area (Å²) in [4.78, 5) is 23.5. The predicted molar refractivity (Wildman–Crippen MR) is 136 cm³/mol. The molecule has 0 spiro atoms. The molecule has 0 saturated carbocycles. The number of rotatable bonds is 13. The Hall–Kier alpha value is -2.25. The number of thiol groups is 1. The second-order valence-corrected chi connectivity index (χ2v) is 7.09. The molecule has 1 atom stereocenters. The van der Waals surface area contributed by atoms with Crippen LogP contribution in [0.25, 0.3) is 0 Å². The van der Waals surface area contributed by atoms with Crippen LogP contribution in [0, 0.1) is 17.8 Å². The highest BCUT2D eigenvalue weighted by atomic mass is 32.1. The van der Waals surface area contributed by atoms with E-state index in [0.717, 1.165) is 0 Å². The first-order valence-electron chi connectivity index (χ1n) is 10.8. The van der Waals surface area contributed by atoms with Crippen LogP contribution in [0.3, 0.4) is 0 Å². The Morgan fingerprint density at radius 3 is 2.66 bits per heavy atom. The molecule has 0 aliphatic heterocycles. The Morgan fingerprint density at radius 1 is 1.22 bits per heavy atom. The van der Waals surface area contributed by atoms with Crippen molar-refractivity contribution < 1.29 is 28.1 Å². The molecule has 1 aromatic rings. The molecule has 0 radical (unpaired) electrons. The molecule has 0 heterocycles. The first-order valence-corrected chi connectivity index (χ1v) is 11.3. The summed E-state index contributed by atoms with van der Waals surface area (Å²) >= 11 is 4.30. The van der Waals surface area contributed by atoms with E-state index in [4.69, 9.17) is 19.9 Å². The minimum atomic E-state index is -0.483. The average Bonchev–Trinajstić information content (AvgIpc) is 2.80. The minimum Gasteiger partial charge on any atom is -0.490 e. The van der Waals surface area contributed by atoms with Crippen molar-refractivity contribution in [1.82, 2.24) is 10.6 Å². The molecule has 1 aromatic carbocycles. The Labute approximate surface area is 201 Å². The predicted octanol–water partition coefficient (Wildman–Crippen LogP) is 2.58. The summed E-state index contributed by atoms with van der Waals surface area (Å²) in [5.74, 6) is 6.20. The standard InChI is InChI=1S/C21H31N3O5S.C2H6.3H2/c1-16(2)5-4-9-23-19(25)14-27-11-12-28-20(30)15-29-18-7-3-6-17(13-18)21(26)24-10-8-22;1-2;;;/h3,6-7,13,16,20,30H,8-12,14-15,22H2,1-2H3,(H,23,25)(H,24,26);1-2H3;3*1H/t20-;;;;/m1..../s1. The van der Waals surface area contributed by atoms with Gasteiger partial charge in [0, 0.05) is 28.9 Å². The SMILES string of the molecule is CC.CC(C)C#CCNC(=O)COCCO[C@H](S)COc1cccc(C(=O)NCCN)c1.[HH].[HH].[HH]. The van der Waals surface area contributed by atoms with Crippen LogP contribution >= 0.6 is 12.6 Å². The highest BCUT2D eigenvalue weighted by molar-refractivity contribution is 7.80. The molecule has 0 aromatic heterocycles. The summed E-state index contributed by atoms with van der Waals surface area (Å²) in [6.07, 6.45) is 0. The van der Waals surface area contributed by atoms with Gasteiger partial charge in [-0.1, -0.05) is 45.6 Å². The van der Waals surface area contributed by atoms with Crippen molar-refractivity contribution in [1.29, 1.82) is 0 Å². The summed E-state index contributed by atoms with van der Waals surface area (Å²) < 4.78 is 16.3. The maximum Gasteiger partial charge on any atom is 0.251 e. The molecular formula is C23H43N3O5S. The fourth-order valence-corrected chi connectivity index (χ4v) is 2.27. The number of nitrogens with one attached hydrogen (secondary N) is 2. The van der Waals surface area contributed by atoms with Crippen LogP contribution in [0.15, 0.2) is 24.3 Å². The van der Waals surface area contributed by atoms with Gasteiger partial charge < -0.3 is 30.6 Å². The summed E-state index contributed by atoms with van der Waals surface area (Å²) in [7, 11) is 0. The Kier molecular flexibility index (Phi) is 18.1. The van der Waals surface area contributed by atoms with E-state index in [1.165, 1.54) is 0 Å². The van der Waals surface area contributed by atoms with E-state index in [9.17, 15) is 9.59 Å². The van der Waals surface area contributed by atoms with E-state index in [1.807, 2.05) is 27.7 Å². The third kappa shape index (κ3) is 15.5. The maximum absolute atomic E-state index is 11.9. The molecule has 0 unspecified atom stereocenters. The van der Waals surface area contributed by atoms with Crippen LogP contribution in [0.4, 0.5) is 0 Å². The van der Waals surface area contributed by atoms with Crippen LogP contribution in [0.5, 0.6) is 5.75 Å². The van der Waals surface area contributed by atoms with Gasteiger partial charge in [0.15, 0.2) is 0 Å². The minimum absolute atomic E-state index is 0. The third-order valence-corrected chi connectivity index (χ3v) is 3.75. The topological polar surface area (TPSA) is 112 Å². The number of carbonyl (C=O) groups excluding carboxylic acids is 2. The Bertz CT molecular complexity index is 734. The molecule has 8 nitrogen and oxygen atoms in total. The largest absolute Gasteiger partial charge is 0.490 e. The number of ether oxygens (including phenoxy) is 3. The van der Waals surface area contributed by atoms with Crippen molar-refractivity contribution >= 4 is 24.4 Å². The van der Waals surface area contributed by atoms with Gasteiger partial charge in [0.05, 0.1) is 19.8 Å². The van der Waals surface area contributed by atoms with Crippen molar-refractivity contribution in [2.24, 2.45) is 11.7 Å². The highest BCUT2D eigenvalue weighted by Gasteiger charge is 2.08. The average molecular weight is 474 g/mol. The van der Waals surface area contributed by atoms with Gasteiger partial charge in [0.2, 0.25) is 5.91 Å². The number of carbonyl (C=O) groups is 2. The first-order chi connectivity index (χ1) is 15.4. The van der Waals surface area contributed by atoms with Crippen LogP contribution in [0.2, 0.25) is 0 Å². The van der Waals surface area contributed by atoms with Gasteiger partial charge in [-0.3, -0.25) is 9.59 Å². The molecule has 0 saturated heterocycles. The van der Waals surface area contributed by atoms with Gasteiger partial charge >= 0.3 is 0 Å². The lowest BCUT2D eigenvalue weighted by Crippen LogP contribution is -2.29. The van der Waals surface area contributed by atoms with Gasteiger partial charge in [-0.25, -0.2) is 0 Å². The van der Waals surface area contributed by atoms with Crippen molar-refractivity contribution in [2.45, 2.75) is 33.1 Å². The second-order valence-electron chi connectivity index (χ2n) is 6.51. The molecule has 32 heavy (non-hydrogen) atoms. The zero-order valence-electron chi connectivity index (χ0n) is 19.5. The molecule has 0 fully saturated rings. The lowest BCUT2D eigenvalue weighted by atomic mass is 10.2. The van der Waals surface area contributed by atoms with Crippen molar-refractivity contribution in [3.63, 3.8) is 0 Å². The zero-order chi connectivity index (χ0) is 24.2. The molecular weight excluding hydrogens is 430 g/mol. The Morgan fingerprint density at radius 2 is 1.97 bits per heavy atom. The molecule has 2 amide bonds. The van der Waals surface area contributed by atoms with Crippen molar-refractivity contribution in [3.8, 4) is 17.6 Å². The number of hydrogen-bond acceptors (Lipinski definition) is 7. The first kappa shape index (κ1) is 29.8. The fourth-order valence-electron chi connectivity index (χ4n) is 2.09. The number of benzene rings is 1. The molecule has 0 bridgehead atoms. The lowest BCUT2D eigenvalue weighted by Gasteiger charge is -2.14. The summed E-state index contributed by atoms with van der Waals surface area (Å²) in [6.45, 7) is 9.71. The van der Waals surface area contributed by atoms with Gasteiger partial charge in [-0.2, -0.15) is 0 Å². The molecule has 1 rings (SSSR count). The molecule has 4 N–H and O–H groups in total. The van der Waals surface area contributed by atoms with Crippen LogP contribution in [0.1, 0.15) is 42.3 Å². The van der Waals surface area contributed by atoms with Gasteiger partial charge in [0.25, 0.3) is 5.91 Å². The smallest absolute Gasteiger partial charge is 0.251 e. The summed E-state index contributed by atoms with van der Waals surface area (Å²) in [5.41, 5.74) is 5.38.